The molecule has 1 aliphatic rings. The van der Waals surface area contributed by atoms with Crippen LogP contribution in [0.25, 0.3) is 0 Å². The molecule has 1 saturated carbocycles. The number of carbonyl (C=O) groups is 1. The molecule has 3 rings (SSSR count). The van der Waals surface area contributed by atoms with Gasteiger partial charge in [-0.25, -0.2) is 4.68 Å². The van der Waals surface area contributed by atoms with Crippen LogP contribution < -0.4 is 11.2 Å². The lowest BCUT2D eigenvalue weighted by atomic mass is 9.87. The van der Waals surface area contributed by atoms with Crippen molar-refractivity contribution in [1.29, 1.82) is 0 Å². The number of anilines is 1. The number of nitrogens with two attached hydrogens (primary N) is 1. The Kier molecular flexibility index (Phi) is 6.09. The molecular weight excluding hydrogens is 358 g/mol. The molecule has 0 atom stereocenters. The third-order valence-electron chi connectivity index (χ3n) is 5.03. The molecule has 1 aliphatic carbocycles. The van der Waals surface area contributed by atoms with Crippen LogP contribution in [0, 0.1) is 0 Å². The Morgan fingerprint density at radius 1 is 1.19 bits per heavy atom. The number of carbonyl (C=O) groups excluding carboxylic acids is 1. The smallest absolute Gasteiger partial charge is 0.234 e. The first-order valence-electron chi connectivity index (χ1n) is 9.58. The second kappa shape index (κ2) is 8.33. The molecule has 27 heavy (non-hydrogen) atoms. The van der Waals surface area contributed by atoms with Gasteiger partial charge in [0, 0.05) is 11.6 Å². The van der Waals surface area contributed by atoms with Gasteiger partial charge < -0.3 is 11.2 Å². The summed E-state index contributed by atoms with van der Waals surface area (Å²) in [5.74, 6) is 7.57. The quantitative estimate of drug-likeness (QED) is 0.597. The van der Waals surface area contributed by atoms with E-state index in [2.05, 4.69) is 48.4 Å². The largest absolute Gasteiger partial charge is 0.336 e. The average molecular weight is 388 g/mol. The Labute approximate surface area is 165 Å². The Hall–Kier alpha value is -2.02. The molecule has 3 N–H and O–H groups in total. The highest BCUT2D eigenvalue weighted by atomic mass is 32.2. The van der Waals surface area contributed by atoms with E-state index in [1.807, 2.05) is 12.1 Å². The lowest BCUT2D eigenvalue weighted by molar-refractivity contribution is -0.113. The van der Waals surface area contributed by atoms with Gasteiger partial charge in [0.05, 0.1) is 5.75 Å². The lowest BCUT2D eigenvalue weighted by Gasteiger charge is -2.20. The number of thioether (sulfide) groups is 1. The summed E-state index contributed by atoms with van der Waals surface area (Å²) in [6.45, 7) is 6.51. The van der Waals surface area contributed by atoms with Gasteiger partial charge in [0.15, 0.2) is 5.82 Å². The van der Waals surface area contributed by atoms with E-state index in [-0.39, 0.29) is 17.1 Å². The predicted octanol–water partition coefficient (Wildman–Crippen LogP) is 4.07. The zero-order chi connectivity index (χ0) is 19.4. The van der Waals surface area contributed by atoms with E-state index in [0.717, 1.165) is 24.4 Å². The molecule has 1 aromatic heterocycles. The monoisotopic (exact) mass is 387 g/mol. The van der Waals surface area contributed by atoms with E-state index in [9.17, 15) is 4.79 Å². The van der Waals surface area contributed by atoms with Gasteiger partial charge in [-0.2, -0.15) is 0 Å². The Bertz CT molecular complexity index is 773. The van der Waals surface area contributed by atoms with Crippen molar-refractivity contribution in [2.24, 2.45) is 0 Å². The molecule has 1 aromatic carbocycles. The van der Waals surface area contributed by atoms with Crippen molar-refractivity contribution in [3.63, 3.8) is 0 Å². The molecule has 1 heterocycles. The van der Waals surface area contributed by atoms with E-state index < -0.39 is 0 Å². The van der Waals surface area contributed by atoms with Crippen molar-refractivity contribution >= 4 is 23.4 Å². The first kappa shape index (κ1) is 19.7. The summed E-state index contributed by atoms with van der Waals surface area (Å²) in [5.41, 5.74) is 2.13. The number of rotatable bonds is 5. The van der Waals surface area contributed by atoms with Gasteiger partial charge in [-0.1, -0.05) is 63.9 Å². The Balaban J connectivity index is 1.54. The van der Waals surface area contributed by atoms with E-state index in [1.165, 1.54) is 36.6 Å². The Morgan fingerprint density at radius 2 is 1.85 bits per heavy atom. The minimum atomic E-state index is -0.0780. The number of nitrogens with one attached hydrogen (secondary N) is 1. The number of benzene rings is 1. The minimum absolute atomic E-state index is 0.0780. The first-order valence-corrected chi connectivity index (χ1v) is 10.6. The van der Waals surface area contributed by atoms with Crippen molar-refractivity contribution in [3.8, 4) is 0 Å². The molecule has 6 nitrogen and oxygen atoms in total. The number of nitrogens with zero attached hydrogens (tertiary/aromatic N) is 3. The van der Waals surface area contributed by atoms with Gasteiger partial charge in [-0.3, -0.25) is 4.79 Å². The highest BCUT2D eigenvalue weighted by molar-refractivity contribution is 7.99. The topological polar surface area (TPSA) is 85.8 Å². The molecule has 0 unspecified atom stereocenters. The third kappa shape index (κ3) is 5.03. The van der Waals surface area contributed by atoms with Crippen LogP contribution in [-0.2, 0) is 10.2 Å². The molecule has 2 aromatic rings. The highest BCUT2D eigenvalue weighted by Gasteiger charge is 2.23. The van der Waals surface area contributed by atoms with Crippen LogP contribution in [0.5, 0.6) is 0 Å². The van der Waals surface area contributed by atoms with Gasteiger partial charge >= 0.3 is 0 Å². The van der Waals surface area contributed by atoms with Crippen LogP contribution >= 0.6 is 11.8 Å². The number of hydrogen-bond donors (Lipinski definition) is 2. The molecule has 0 spiro atoms. The van der Waals surface area contributed by atoms with Gasteiger partial charge in [0.2, 0.25) is 11.1 Å². The molecule has 0 radical (unpaired) electrons. The van der Waals surface area contributed by atoms with E-state index in [4.69, 9.17) is 5.84 Å². The van der Waals surface area contributed by atoms with Crippen LogP contribution in [0.1, 0.15) is 70.2 Å². The van der Waals surface area contributed by atoms with E-state index in [1.54, 1.807) is 4.68 Å². The van der Waals surface area contributed by atoms with E-state index >= 15 is 0 Å². The maximum absolute atomic E-state index is 12.3. The summed E-state index contributed by atoms with van der Waals surface area (Å²) in [4.78, 5) is 12.3. The van der Waals surface area contributed by atoms with Gasteiger partial charge in [0.1, 0.15) is 0 Å². The summed E-state index contributed by atoms with van der Waals surface area (Å²) in [6.07, 6.45) is 5.95. The summed E-state index contributed by atoms with van der Waals surface area (Å²) in [7, 11) is 0. The predicted molar refractivity (Wildman–Crippen MR) is 110 cm³/mol. The van der Waals surface area contributed by atoms with Crippen LogP contribution in [0.4, 0.5) is 5.69 Å². The number of amides is 1. The molecule has 0 bridgehead atoms. The lowest BCUT2D eigenvalue weighted by Crippen LogP contribution is -2.20. The van der Waals surface area contributed by atoms with E-state index in [0.29, 0.717) is 11.1 Å². The Morgan fingerprint density at radius 3 is 2.48 bits per heavy atom. The molecule has 0 aliphatic heterocycles. The van der Waals surface area contributed by atoms with Crippen molar-refractivity contribution in [3.05, 3.63) is 35.7 Å². The normalized spacial score (nSPS) is 15.7. The fourth-order valence-corrected chi connectivity index (χ4v) is 4.07. The maximum atomic E-state index is 12.3. The summed E-state index contributed by atoms with van der Waals surface area (Å²) in [5, 5.41) is 12.0. The number of nitrogen functional groups attached to an aromatic ring is 1. The number of aromatic nitrogens is 3. The molecule has 7 heteroatoms. The van der Waals surface area contributed by atoms with Crippen molar-refractivity contribution in [1.82, 2.24) is 14.9 Å². The van der Waals surface area contributed by atoms with Crippen LogP contribution in [0.2, 0.25) is 0 Å². The minimum Gasteiger partial charge on any atom is -0.336 e. The molecule has 0 saturated heterocycles. The first-order chi connectivity index (χ1) is 12.8. The molecule has 1 amide bonds. The molecule has 146 valence electrons. The number of hydrogen-bond acceptors (Lipinski definition) is 5. The van der Waals surface area contributed by atoms with Gasteiger partial charge in [0.25, 0.3) is 0 Å². The van der Waals surface area contributed by atoms with Crippen molar-refractivity contribution in [2.75, 3.05) is 16.9 Å². The standard InChI is InChI=1S/C20H29N5OS/c1-20(2,3)15-9-11-16(12-10-15)22-17(26)13-27-19-24-23-18(25(19)21)14-7-5-4-6-8-14/h9-12,14H,4-8,13,21H2,1-3H3,(H,22,26). The van der Waals surface area contributed by atoms with Crippen molar-refractivity contribution in [2.45, 2.75) is 69.4 Å². The average Bonchev–Trinajstić information content (AvgIpc) is 3.01. The van der Waals surface area contributed by atoms with Crippen molar-refractivity contribution < 1.29 is 4.79 Å². The second-order valence-corrected chi connectivity index (χ2v) is 9.15. The zero-order valence-electron chi connectivity index (χ0n) is 16.4. The third-order valence-corrected chi connectivity index (χ3v) is 5.97. The van der Waals surface area contributed by atoms with Crippen LogP contribution in [-0.4, -0.2) is 26.5 Å². The highest BCUT2D eigenvalue weighted by Crippen LogP contribution is 2.32. The maximum Gasteiger partial charge on any atom is 0.234 e. The van der Waals surface area contributed by atoms with Gasteiger partial charge in [-0.05, 0) is 36.0 Å². The van der Waals surface area contributed by atoms with Crippen LogP contribution in [0.3, 0.4) is 0 Å². The fourth-order valence-electron chi connectivity index (χ4n) is 3.41. The zero-order valence-corrected chi connectivity index (χ0v) is 17.2. The molecule has 1 fully saturated rings. The summed E-state index contributed by atoms with van der Waals surface area (Å²) < 4.78 is 1.56. The fraction of sp³-hybridized carbons (Fsp3) is 0.550. The summed E-state index contributed by atoms with van der Waals surface area (Å²) in [6, 6.07) is 7.98. The summed E-state index contributed by atoms with van der Waals surface area (Å²) >= 11 is 1.32. The SMILES string of the molecule is CC(C)(C)c1ccc(NC(=O)CSc2nnc(C3CCCCC3)n2N)cc1. The molecular formula is C20H29N5OS. The van der Waals surface area contributed by atoms with Crippen LogP contribution in [0.15, 0.2) is 29.4 Å². The van der Waals surface area contributed by atoms with Gasteiger partial charge in [-0.15, -0.1) is 10.2 Å². The second-order valence-electron chi connectivity index (χ2n) is 8.21.